The van der Waals surface area contributed by atoms with Crippen LogP contribution >= 0.6 is 11.3 Å². The smallest absolute Gasteiger partial charge is 0.336 e. The van der Waals surface area contributed by atoms with E-state index in [9.17, 15) is 9.59 Å². The zero-order chi connectivity index (χ0) is 16.0. The van der Waals surface area contributed by atoms with Crippen LogP contribution in [0, 0.1) is 6.92 Å². The molecule has 0 aliphatic carbocycles. The molecule has 1 amide bonds. The molecular weight excluding hydrogens is 310 g/mol. The van der Waals surface area contributed by atoms with Crippen molar-refractivity contribution in [1.29, 1.82) is 0 Å². The fourth-order valence-electron chi connectivity index (χ4n) is 3.28. The van der Waals surface area contributed by atoms with Crippen molar-refractivity contribution in [3.05, 3.63) is 63.5 Å². The summed E-state index contributed by atoms with van der Waals surface area (Å²) in [4.78, 5) is 26.7. The first-order chi connectivity index (χ1) is 11.1. The Morgan fingerprint density at radius 1 is 1.26 bits per heavy atom. The highest BCUT2D eigenvalue weighted by Crippen LogP contribution is 2.42. The van der Waals surface area contributed by atoms with E-state index in [1.54, 1.807) is 16.2 Å². The van der Waals surface area contributed by atoms with Crippen LogP contribution in [0.15, 0.2) is 52.4 Å². The summed E-state index contributed by atoms with van der Waals surface area (Å²) in [5.74, 6) is -0.495. The maximum atomic E-state index is 12.8. The second-order valence-electron chi connectivity index (χ2n) is 5.82. The molecule has 0 bridgehead atoms. The number of hydrogen-bond acceptors (Lipinski definition) is 4. The monoisotopic (exact) mass is 325 g/mol. The second-order valence-corrected chi connectivity index (χ2v) is 6.60. The van der Waals surface area contributed by atoms with Gasteiger partial charge in [0, 0.05) is 18.0 Å². The molecule has 2 aliphatic rings. The van der Waals surface area contributed by atoms with Gasteiger partial charge in [0.15, 0.2) is 0 Å². The van der Waals surface area contributed by atoms with E-state index in [4.69, 9.17) is 4.74 Å². The van der Waals surface area contributed by atoms with Crippen LogP contribution in [0.25, 0.3) is 0 Å². The molecule has 0 spiro atoms. The summed E-state index contributed by atoms with van der Waals surface area (Å²) in [5.41, 5.74) is 4.20. The summed E-state index contributed by atoms with van der Waals surface area (Å²) >= 11 is 1.57. The lowest BCUT2D eigenvalue weighted by Gasteiger charge is -2.31. The zero-order valence-electron chi connectivity index (χ0n) is 12.6. The second kappa shape index (κ2) is 5.35. The zero-order valence-corrected chi connectivity index (χ0v) is 13.4. The van der Waals surface area contributed by atoms with Crippen LogP contribution in [-0.2, 0) is 14.3 Å². The molecule has 1 unspecified atom stereocenters. The Morgan fingerprint density at radius 3 is 2.87 bits per heavy atom. The van der Waals surface area contributed by atoms with Crippen molar-refractivity contribution in [2.75, 3.05) is 11.5 Å². The molecule has 1 aromatic heterocycles. The lowest BCUT2D eigenvalue weighted by Crippen LogP contribution is -2.37. The highest BCUT2D eigenvalue weighted by Gasteiger charge is 2.42. The minimum atomic E-state index is -0.304. The van der Waals surface area contributed by atoms with Gasteiger partial charge in [-0.3, -0.25) is 9.69 Å². The van der Waals surface area contributed by atoms with Crippen molar-refractivity contribution in [2.45, 2.75) is 19.3 Å². The minimum absolute atomic E-state index is 0.00356. The Bertz CT molecular complexity index is 823. The summed E-state index contributed by atoms with van der Waals surface area (Å²) < 4.78 is 5.25. The maximum Gasteiger partial charge on any atom is 0.336 e. The molecule has 0 saturated carbocycles. The third kappa shape index (κ3) is 2.28. The molecular formula is C18H15NO3S. The molecule has 1 aromatic carbocycles. The van der Waals surface area contributed by atoms with Crippen molar-refractivity contribution in [1.82, 2.24) is 0 Å². The highest BCUT2D eigenvalue weighted by molar-refractivity contribution is 7.08. The van der Waals surface area contributed by atoms with E-state index in [0.29, 0.717) is 17.7 Å². The van der Waals surface area contributed by atoms with Gasteiger partial charge >= 0.3 is 5.97 Å². The number of carbonyl (C=O) groups is 2. The van der Waals surface area contributed by atoms with Crippen LogP contribution in [0.5, 0.6) is 0 Å². The molecule has 2 aromatic rings. The van der Waals surface area contributed by atoms with Crippen LogP contribution in [0.4, 0.5) is 5.69 Å². The third-order valence-electron chi connectivity index (χ3n) is 4.32. The standard InChI is InChI=1S/C18H15NO3S/c1-11-3-2-4-13(7-11)19-15-9-22-18(21)17(15)14(8-16(19)20)12-5-6-23-10-12/h2-7,10,14H,8-9H2,1H3. The van der Waals surface area contributed by atoms with Crippen molar-refractivity contribution >= 4 is 28.9 Å². The number of hydrogen-bond donors (Lipinski definition) is 0. The van der Waals surface area contributed by atoms with Gasteiger partial charge in [0.25, 0.3) is 0 Å². The first-order valence-corrected chi connectivity index (χ1v) is 8.41. The van der Waals surface area contributed by atoms with Gasteiger partial charge in [-0.05, 0) is 47.0 Å². The number of nitrogens with zero attached hydrogens (tertiary/aromatic N) is 1. The van der Waals surface area contributed by atoms with Crippen LogP contribution in [-0.4, -0.2) is 18.5 Å². The number of benzene rings is 1. The van der Waals surface area contributed by atoms with Gasteiger partial charge in [0.1, 0.15) is 6.61 Å². The summed E-state index contributed by atoms with van der Waals surface area (Å²) in [7, 11) is 0. The quantitative estimate of drug-likeness (QED) is 0.795. The van der Waals surface area contributed by atoms with Crippen LogP contribution in [0.3, 0.4) is 0 Å². The van der Waals surface area contributed by atoms with E-state index in [1.807, 2.05) is 48.0 Å². The molecule has 3 heterocycles. The van der Waals surface area contributed by atoms with E-state index in [-0.39, 0.29) is 24.4 Å². The van der Waals surface area contributed by atoms with Crippen molar-refractivity contribution in [2.24, 2.45) is 0 Å². The Hall–Kier alpha value is -2.40. The number of ether oxygens (including phenoxy) is 1. The van der Waals surface area contributed by atoms with Gasteiger partial charge in [-0.2, -0.15) is 11.3 Å². The average molecular weight is 325 g/mol. The number of amides is 1. The molecule has 0 radical (unpaired) electrons. The van der Waals surface area contributed by atoms with Gasteiger partial charge in [-0.25, -0.2) is 4.79 Å². The van der Waals surface area contributed by atoms with Crippen LogP contribution < -0.4 is 4.90 Å². The number of carbonyl (C=O) groups excluding carboxylic acids is 2. The number of thiophene rings is 1. The molecule has 0 N–H and O–H groups in total. The summed E-state index contributed by atoms with van der Waals surface area (Å²) in [5, 5.41) is 3.96. The predicted molar refractivity (Wildman–Crippen MR) is 88.3 cm³/mol. The van der Waals surface area contributed by atoms with E-state index in [2.05, 4.69) is 0 Å². The molecule has 5 heteroatoms. The minimum Gasteiger partial charge on any atom is -0.456 e. The number of anilines is 1. The Morgan fingerprint density at radius 2 is 2.13 bits per heavy atom. The third-order valence-corrected chi connectivity index (χ3v) is 5.02. The van der Waals surface area contributed by atoms with Gasteiger partial charge in [0.2, 0.25) is 5.91 Å². The lowest BCUT2D eigenvalue weighted by atomic mass is 9.85. The van der Waals surface area contributed by atoms with Crippen molar-refractivity contribution in [3.63, 3.8) is 0 Å². The van der Waals surface area contributed by atoms with E-state index < -0.39 is 0 Å². The predicted octanol–water partition coefficient (Wildman–Crippen LogP) is 3.39. The Labute approximate surface area is 138 Å². The van der Waals surface area contributed by atoms with Gasteiger partial charge < -0.3 is 4.74 Å². The Balaban J connectivity index is 1.85. The first-order valence-electron chi connectivity index (χ1n) is 7.47. The van der Waals surface area contributed by atoms with E-state index in [0.717, 1.165) is 16.8 Å². The fraction of sp³-hybridized carbons (Fsp3) is 0.222. The molecule has 116 valence electrons. The first kappa shape index (κ1) is 14.2. The topological polar surface area (TPSA) is 46.6 Å². The summed E-state index contributed by atoms with van der Waals surface area (Å²) in [6.07, 6.45) is 0.290. The van der Waals surface area contributed by atoms with Crippen LogP contribution in [0.1, 0.15) is 23.5 Å². The SMILES string of the molecule is Cc1cccc(N2C(=O)CC(c3ccsc3)C3=C2COC3=O)c1. The molecule has 0 fully saturated rings. The van der Waals surface area contributed by atoms with Gasteiger partial charge in [-0.15, -0.1) is 0 Å². The maximum absolute atomic E-state index is 12.8. The van der Waals surface area contributed by atoms with Crippen molar-refractivity contribution in [3.8, 4) is 0 Å². The average Bonchev–Trinajstić information content (AvgIpc) is 3.17. The van der Waals surface area contributed by atoms with Gasteiger partial charge in [0.05, 0.1) is 11.3 Å². The molecule has 0 saturated heterocycles. The van der Waals surface area contributed by atoms with Crippen molar-refractivity contribution < 1.29 is 14.3 Å². The number of esters is 1. The van der Waals surface area contributed by atoms with Gasteiger partial charge in [-0.1, -0.05) is 12.1 Å². The van der Waals surface area contributed by atoms with Crippen LogP contribution in [0.2, 0.25) is 0 Å². The molecule has 4 rings (SSSR count). The normalized spacial score (nSPS) is 20.7. The molecule has 2 aliphatic heterocycles. The highest BCUT2D eigenvalue weighted by atomic mass is 32.1. The lowest BCUT2D eigenvalue weighted by molar-refractivity contribution is -0.136. The Kier molecular flexibility index (Phi) is 3.31. The summed E-state index contributed by atoms with van der Waals surface area (Å²) in [6.45, 7) is 2.15. The fourth-order valence-corrected chi connectivity index (χ4v) is 3.99. The number of aryl methyl sites for hydroxylation is 1. The molecule has 4 nitrogen and oxygen atoms in total. The number of cyclic esters (lactones) is 1. The number of rotatable bonds is 2. The largest absolute Gasteiger partial charge is 0.456 e. The molecule has 1 atom stereocenters. The van der Waals surface area contributed by atoms with E-state index >= 15 is 0 Å². The summed E-state index contributed by atoms with van der Waals surface area (Å²) in [6, 6.07) is 9.72. The molecule has 23 heavy (non-hydrogen) atoms. The van der Waals surface area contributed by atoms with E-state index in [1.165, 1.54) is 0 Å².